The summed E-state index contributed by atoms with van der Waals surface area (Å²) in [5.41, 5.74) is 8.45. The highest BCUT2D eigenvalue weighted by molar-refractivity contribution is 7.15. The zero-order valence-corrected chi connectivity index (χ0v) is 12.7. The predicted molar refractivity (Wildman–Crippen MR) is 85.5 cm³/mol. The van der Waals surface area contributed by atoms with Gasteiger partial charge in [0.1, 0.15) is 5.75 Å². The van der Waals surface area contributed by atoms with Gasteiger partial charge in [0.2, 0.25) is 0 Å². The van der Waals surface area contributed by atoms with Gasteiger partial charge in [0, 0.05) is 17.5 Å². The maximum atomic E-state index is 6.22. The summed E-state index contributed by atoms with van der Waals surface area (Å²) < 4.78 is 5.83. The first kappa shape index (κ1) is 13.1. The number of anilines is 2. The molecule has 0 fully saturated rings. The van der Waals surface area contributed by atoms with Gasteiger partial charge in [-0.15, -0.1) is 11.3 Å². The third-order valence-corrected chi connectivity index (χ3v) is 5.31. The van der Waals surface area contributed by atoms with Crippen LogP contribution in [0.4, 0.5) is 10.8 Å². The number of hydrogen-bond donors (Lipinski definition) is 1. The average Bonchev–Trinajstić information content (AvgIpc) is 2.82. The predicted octanol–water partition coefficient (Wildman–Crippen LogP) is 3.40. The number of rotatable bonds is 1. The largest absolute Gasteiger partial charge is 0.491 e. The van der Waals surface area contributed by atoms with Gasteiger partial charge in [0.25, 0.3) is 0 Å². The normalized spacial score (nSPS) is 21.2. The van der Waals surface area contributed by atoms with Crippen LogP contribution in [0.1, 0.15) is 35.9 Å². The van der Waals surface area contributed by atoms with Crippen LogP contribution in [0.15, 0.2) is 24.3 Å². The van der Waals surface area contributed by atoms with Crippen molar-refractivity contribution in [2.45, 2.75) is 31.7 Å². The van der Waals surface area contributed by atoms with E-state index < -0.39 is 0 Å². The number of nitrogens with two attached hydrogens (primary N) is 1. The fourth-order valence-electron chi connectivity index (χ4n) is 3.08. The van der Waals surface area contributed by atoms with Gasteiger partial charge in [-0.25, -0.2) is 4.98 Å². The summed E-state index contributed by atoms with van der Waals surface area (Å²) in [6, 6.07) is 8.33. The van der Waals surface area contributed by atoms with Crippen LogP contribution in [0.5, 0.6) is 5.75 Å². The molecule has 21 heavy (non-hydrogen) atoms. The van der Waals surface area contributed by atoms with Gasteiger partial charge in [-0.05, 0) is 37.8 Å². The fraction of sp³-hybridized carbons (Fsp3) is 0.438. The second-order valence-electron chi connectivity index (χ2n) is 5.62. The molecule has 2 aliphatic rings. The number of fused-ring (bicyclic) bond motifs is 2. The molecule has 0 saturated heterocycles. The molecule has 4 rings (SSSR count). The Morgan fingerprint density at radius 3 is 3.10 bits per heavy atom. The van der Waals surface area contributed by atoms with E-state index in [0.29, 0.717) is 0 Å². The molecule has 110 valence electrons. The summed E-state index contributed by atoms with van der Waals surface area (Å²) in [6.07, 6.45) is 4.35. The molecule has 1 aliphatic carbocycles. The van der Waals surface area contributed by atoms with Crippen molar-refractivity contribution in [2.24, 2.45) is 5.73 Å². The van der Waals surface area contributed by atoms with Crippen LogP contribution >= 0.6 is 11.3 Å². The number of aryl methyl sites for hydroxylation is 1. The third kappa shape index (κ3) is 2.30. The fourth-order valence-corrected chi connectivity index (χ4v) is 4.29. The van der Waals surface area contributed by atoms with Crippen LogP contribution in [0.2, 0.25) is 0 Å². The molecule has 1 aromatic carbocycles. The molecule has 0 radical (unpaired) electrons. The molecule has 5 heteroatoms. The Morgan fingerprint density at radius 2 is 2.19 bits per heavy atom. The van der Waals surface area contributed by atoms with Crippen molar-refractivity contribution in [2.75, 3.05) is 18.1 Å². The van der Waals surface area contributed by atoms with Gasteiger partial charge in [0.05, 0.1) is 18.0 Å². The van der Waals surface area contributed by atoms with Gasteiger partial charge in [-0.1, -0.05) is 12.1 Å². The van der Waals surface area contributed by atoms with Crippen molar-refractivity contribution in [3.05, 3.63) is 34.8 Å². The topological polar surface area (TPSA) is 51.4 Å². The molecular formula is C16H19N3OS. The molecule has 0 bridgehead atoms. The lowest BCUT2D eigenvalue weighted by molar-refractivity contribution is 0.322. The molecule has 1 unspecified atom stereocenters. The monoisotopic (exact) mass is 301 g/mol. The molecule has 2 aromatic rings. The first-order valence-electron chi connectivity index (χ1n) is 7.57. The second-order valence-corrected chi connectivity index (χ2v) is 6.69. The molecule has 2 N–H and O–H groups in total. The highest BCUT2D eigenvalue weighted by Crippen LogP contribution is 2.41. The van der Waals surface area contributed by atoms with E-state index >= 15 is 0 Å². The molecule has 1 atom stereocenters. The lowest BCUT2D eigenvalue weighted by Crippen LogP contribution is -2.19. The van der Waals surface area contributed by atoms with Gasteiger partial charge < -0.3 is 15.4 Å². The van der Waals surface area contributed by atoms with Crippen LogP contribution in [-0.2, 0) is 6.42 Å². The summed E-state index contributed by atoms with van der Waals surface area (Å²) in [4.78, 5) is 8.52. The van der Waals surface area contributed by atoms with Crippen molar-refractivity contribution >= 4 is 22.2 Å². The first-order chi connectivity index (χ1) is 10.3. The van der Waals surface area contributed by atoms with Crippen molar-refractivity contribution in [3.8, 4) is 5.75 Å². The Bertz CT molecular complexity index is 655. The minimum absolute atomic E-state index is 0.109. The summed E-state index contributed by atoms with van der Waals surface area (Å²) >= 11 is 1.80. The maximum absolute atomic E-state index is 6.22. The smallest absolute Gasteiger partial charge is 0.190 e. The number of para-hydroxylation sites is 2. The Kier molecular flexibility index (Phi) is 3.31. The zero-order valence-electron chi connectivity index (χ0n) is 11.9. The van der Waals surface area contributed by atoms with E-state index in [1.54, 1.807) is 11.3 Å². The molecule has 4 nitrogen and oxygen atoms in total. The lowest BCUT2D eigenvalue weighted by Gasteiger charge is -2.20. The first-order valence-corrected chi connectivity index (χ1v) is 8.39. The molecule has 1 aromatic heterocycles. The minimum Gasteiger partial charge on any atom is -0.491 e. The molecule has 1 aliphatic heterocycles. The van der Waals surface area contributed by atoms with Crippen LogP contribution < -0.4 is 15.4 Å². The summed E-state index contributed by atoms with van der Waals surface area (Å²) in [5, 5.41) is 1.07. The third-order valence-electron chi connectivity index (χ3n) is 4.16. The number of ether oxygens (including phenoxy) is 1. The number of nitrogens with zero attached hydrogens (tertiary/aromatic N) is 2. The average molecular weight is 301 g/mol. The van der Waals surface area contributed by atoms with Crippen molar-refractivity contribution < 1.29 is 4.74 Å². The highest BCUT2D eigenvalue weighted by atomic mass is 32.1. The second kappa shape index (κ2) is 5.31. The Labute approximate surface area is 128 Å². The standard InChI is InChI=1S/C16H19N3OS/c17-11-5-3-8-14-15(11)18-16(21-14)19-9-4-10-20-13-7-2-1-6-12(13)19/h1-2,6-7,11H,3-5,8-10,17H2. The van der Waals surface area contributed by atoms with Gasteiger partial charge in [0.15, 0.2) is 5.13 Å². The molecule has 0 amide bonds. The SMILES string of the molecule is NC1CCCc2sc(N3CCCOc4ccccc43)nc21. The van der Waals surface area contributed by atoms with E-state index in [1.165, 1.54) is 11.3 Å². The Hall–Kier alpha value is -1.59. The van der Waals surface area contributed by atoms with Crippen molar-refractivity contribution in [1.29, 1.82) is 0 Å². The van der Waals surface area contributed by atoms with Crippen molar-refractivity contribution in [1.82, 2.24) is 4.98 Å². The van der Waals surface area contributed by atoms with E-state index in [2.05, 4.69) is 17.0 Å². The molecule has 2 heterocycles. The number of benzene rings is 1. The minimum atomic E-state index is 0.109. The molecule has 0 spiro atoms. The quantitative estimate of drug-likeness (QED) is 0.877. The maximum Gasteiger partial charge on any atom is 0.190 e. The number of thiazole rings is 1. The van der Waals surface area contributed by atoms with Crippen molar-refractivity contribution in [3.63, 3.8) is 0 Å². The van der Waals surface area contributed by atoms with E-state index in [4.69, 9.17) is 15.5 Å². The molecule has 0 saturated carbocycles. The van der Waals surface area contributed by atoms with E-state index in [0.717, 1.165) is 54.7 Å². The van der Waals surface area contributed by atoms with Crippen LogP contribution in [0.25, 0.3) is 0 Å². The van der Waals surface area contributed by atoms with Crippen LogP contribution in [0.3, 0.4) is 0 Å². The van der Waals surface area contributed by atoms with Crippen LogP contribution in [0, 0.1) is 0 Å². The summed E-state index contributed by atoms with van der Waals surface area (Å²) in [6.45, 7) is 1.71. The Morgan fingerprint density at radius 1 is 1.29 bits per heavy atom. The molecular weight excluding hydrogens is 282 g/mol. The van der Waals surface area contributed by atoms with E-state index in [-0.39, 0.29) is 6.04 Å². The summed E-state index contributed by atoms with van der Waals surface area (Å²) in [5.74, 6) is 0.951. The number of hydrogen-bond acceptors (Lipinski definition) is 5. The van der Waals surface area contributed by atoms with E-state index in [9.17, 15) is 0 Å². The lowest BCUT2D eigenvalue weighted by atomic mass is 9.99. The van der Waals surface area contributed by atoms with E-state index in [1.807, 2.05) is 12.1 Å². The summed E-state index contributed by atoms with van der Waals surface area (Å²) in [7, 11) is 0. The zero-order chi connectivity index (χ0) is 14.2. The Balaban J connectivity index is 1.76. The van der Waals surface area contributed by atoms with Gasteiger partial charge in [-0.3, -0.25) is 0 Å². The van der Waals surface area contributed by atoms with Crippen LogP contribution in [-0.4, -0.2) is 18.1 Å². The van der Waals surface area contributed by atoms with Gasteiger partial charge in [-0.2, -0.15) is 0 Å². The highest BCUT2D eigenvalue weighted by Gasteiger charge is 2.26. The number of aromatic nitrogens is 1. The van der Waals surface area contributed by atoms with Gasteiger partial charge >= 0.3 is 0 Å².